The third-order valence-electron chi connectivity index (χ3n) is 1.83. The molecule has 12 heavy (non-hydrogen) atoms. The van der Waals surface area contributed by atoms with Crippen LogP contribution in [0.2, 0.25) is 0 Å². The van der Waals surface area contributed by atoms with Gasteiger partial charge in [0.05, 0.1) is 5.88 Å². The molecule has 0 bridgehead atoms. The van der Waals surface area contributed by atoms with Crippen molar-refractivity contribution in [3.63, 3.8) is 0 Å². The second kappa shape index (κ2) is 3.09. The first-order valence-electron chi connectivity index (χ1n) is 3.98. The van der Waals surface area contributed by atoms with Gasteiger partial charge in [0.1, 0.15) is 11.5 Å². The summed E-state index contributed by atoms with van der Waals surface area (Å²) in [5, 5.41) is 3.89. The van der Waals surface area contributed by atoms with Gasteiger partial charge in [-0.2, -0.15) is 0 Å². The predicted octanol–water partition coefficient (Wildman–Crippen LogP) is 3.02. The quantitative estimate of drug-likeness (QED) is 0.632. The van der Waals surface area contributed by atoms with Gasteiger partial charge < -0.3 is 4.52 Å². The van der Waals surface area contributed by atoms with Gasteiger partial charge in [0.25, 0.3) is 0 Å². The van der Waals surface area contributed by atoms with E-state index in [0.29, 0.717) is 5.88 Å². The summed E-state index contributed by atoms with van der Waals surface area (Å²) in [5.41, 5.74) is 1.94. The molecule has 1 heterocycles. The van der Waals surface area contributed by atoms with E-state index in [1.54, 1.807) is 0 Å². The highest BCUT2D eigenvalue weighted by Gasteiger charge is 2.23. The Hall–Kier alpha value is -0.500. The average Bonchev–Trinajstić information content (AvgIpc) is 2.29. The molecule has 0 radical (unpaired) electrons. The van der Waals surface area contributed by atoms with E-state index in [4.69, 9.17) is 16.1 Å². The molecule has 0 aliphatic heterocycles. The van der Waals surface area contributed by atoms with Crippen molar-refractivity contribution < 1.29 is 4.52 Å². The maximum absolute atomic E-state index is 5.67. The lowest BCUT2D eigenvalue weighted by molar-refractivity contribution is 0.325. The molecule has 0 saturated carbocycles. The number of rotatable bonds is 1. The lowest BCUT2D eigenvalue weighted by Gasteiger charge is -2.14. The van der Waals surface area contributed by atoms with Crippen LogP contribution in [0.15, 0.2) is 4.52 Å². The molecule has 0 fully saturated rings. The SMILES string of the molecule is Cc1c(CCl)noc1C(C)(C)C. The minimum absolute atomic E-state index is 0.0153. The lowest BCUT2D eigenvalue weighted by atomic mass is 9.90. The van der Waals surface area contributed by atoms with Crippen molar-refractivity contribution in [3.05, 3.63) is 17.0 Å². The summed E-state index contributed by atoms with van der Waals surface area (Å²) in [6.07, 6.45) is 0. The smallest absolute Gasteiger partial charge is 0.145 e. The molecule has 0 N–H and O–H groups in total. The Labute approximate surface area is 77.9 Å². The second-order valence-electron chi connectivity index (χ2n) is 3.97. The highest BCUT2D eigenvalue weighted by molar-refractivity contribution is 6.17. The van der Waals surface area contributed by atoms with Crippen molar-refractivity contribution in [3.8, 4) is 0 Å². The van der Waals surface area contributed by atoms with Gasteiger partial charge in [-0.1, -0.05) is 25.9 Å². The Bertz CT molecular complexity index is 273. The van der Waals surface area contributed by atoms with E-state index in [1.807, 2.05) is 6.92 Å². The zero-order valence-corrected chi connectivity index (χ0v) is 8.70. The van der Waals surface area contributed by atoms with Gasteiger partial charge in [-0.05, 0) is 6.92 Å². The molecule has 1 aromatic rings. The second-order valence-corrected chi connectivity index (χ2v) is 4.23. The minimum Gasteiger partial charge on any atom is -0.360 e. The number of alkyl halides is 1. The fraction of sp³-hybridized carbons (Fsp3) is 0.667. The Morgan fingerprint density at radius 1 is 1.42 bits per heavy atom. The first-order valence-corrected chi connectivity index (χ1v) is 4.52. The molecule has 0 spiro atoms. The number of halogens is 1. The summed E-state index contributed by atoms with van der Waals surface area (Å²) in [6, 6.07) is 0. The first kappa shape index (κ1) is 9.59. The largest absolute Gasteiger partial charge is 0.360 e. The van der Waals surface area contributed by atoms with Crippen LogP contribution in [-0.2, 0) is 11.3 Å². The van der Waals surface area contributed by atoms with E-state index >= 15 is 0 Å². The van der Waals surface area contributed by atoms with Gasteiger partial charge in [-0.3, -0.25) is 0 Å². The van der Waals surface area contributed by atoms with Crippen LogP contribution in [0.4, 0.5) is 0 Å². The Morgan fingerprint density at radius 3 is 2.25 bits per heavy atom. The van der Waals surface area contributed by atoms with Crippen LogP contribution in [0.25, 0.3) is 0 Å². The molecule has 2 nitrogen and oxygen atoms in total. The van der Waals surface area contributed by atoms with Crippen LogP contribution >= 0.6 is 11.6 Å². The number of hydrogen-bond donors (Lipinski definition) is 0. The summed E-state index contributed by atoms with van der Waals surface area (Å²) < 4.78 is 5.22. The standard InChI is InChI=1S/C9H14ClNO/c1-6-7(5-10)11-12-8(6)9(2,3)4/h5H2,1-4H3. The third kappa shape index (κ3) is 1.63. The summed E-state index contributed by atoms with van der Waals surface area (Å²) in [7, 11) is 0. The highest BCUT2D eigenvalue weighted by atomic mass is 35.5. The van der Waals surface area contributed by atoms with E-state index in [0.717, 1.165) is 17.0 Å². The van der Waals surface area contributed by atoms with Gasteiger partial charge >= 0.3 is 0 Å². The van der Waals surface area contributed by atoms with E-state index in [1.165, 1.54) is 0 Å². The Morgan fingerprint density at radius 2 is 2.00 bits per heavy atom. The van der Waals surface area contributed by atoms with Crippen molar-refractivity contribution >= 4 is 11.6 Å². The van der Waals surface area contributed by atoms with Crippen LogP contribution in [0.5, 0.6) is 0 Å². The van der Waals surface area contributed by atoms with Crippen LogP contribution < -0.4 is 0 Å². The van der Waals surface area contributed by atoms with Crippen LogP contribution in [0, 0.1) is 6.92 Å². The molecule has 3 heteroatoms. The maximum atomic E-state index is 5.67. The minimum atomic E-state index is 0.0153. The number of hydrogen-bond acceptors (Lipinski definition) is 2. The maximum Gasteiger partial charge on any atom is 0.145 e. The molecule has 0 aliphatic rings. The topological polar surface area (TPSA) is 26.0 Å². The monoisotopic (exact) mass is 187 g/mol. The van der Waals surface area contributed by atoms with Gasteiger partial charge in [0, 0.05) is 11.0 Å². The molecule has 0 amide bonds. The molecule has 68 valence electrons. The zero-order chi connectivity index (χ0) is 9.35. The van der Waals surface area contributed by atoms with Gasteiger partial charge in [0.15, 0.2) is 0 Å². The summed E-state index contributed by atoms with van der Waals surface area (Å²) in [4.78, 5) is 0. The van der Waals surface area contributed by atoms with Crippen molar-refractivity contribution in [2.45, 2.75) is 39.0 Å². The molecular formula is C9H14ClNO. The molecule has 0 atom stereocenters. The number of aromatic nitrogens is 1. The molecular weight excluding hydrogens is 174 g/mol. The summed E-state index contributed by atoms with van der Waals surface area (Å²) in [6.45, 7) is 8.28. The zero-order valence-electron chi connectivity index (χ0n) is 7.94. The fourth-order valence-electron chi connectivity index (χ4n) is 1.19. The number of nitrogens with zero attached hydrogens (tertiary/aromatic N) is 1. The lowest BCUT2D eigenvalue weighted by Crippen LogP contribution is -2.11. The van der Waals surface area contributed by atoms with Gasteiger partial charge in [-0.15, -0.1) is 11.6 Å². The molecule has 0 unspecified atom stereocenters. The molecule has 0 aromatic carbocycles. The molecule has 0 saturated heterocycles. The van der Waals surface area contributed by atoms with E-state index in [9.17, 15) is 0 Å². The van der Waals surface area contributed by atoms with Crippen LogP contribution in [0.1, 0.15) is 37.8 Å². The van der Waals surface area contributed by atoms with Crippen molar-refractivity contribution in [2.75, 3.05) is 0 Å². The van der Waals surface area contributed by atoms with E-state index in [-0.39, 0.29) is 5.41 Å². The molecule has 1 rings (SSSR count). The van der Waals surface area contributed by atoms with Gasteiger partial charge in [-0.25, -0.2) is 0 Å². The fourth-order valence-corrected chi connectivity index (χ4v) is 1.44. The molecule has 0 aliphatic carbocycles. The first-order chi connectivity index (χ1) is 5.46. The third-order valence-corrected chi connectivity index (χ3v) is 2.08. The highest BCUT2D eigenvalue weighted by Crippen LogP contribution is 2.27. The Kier molecular flexibility index (Phi) is 2.47. The summed E-state index contributed by atoms with van der Waals surface area (Å²) >= 11 is 5.67. The van der Waals surface area contributed by atoms with Crippen molar-refractivity contribution in [1.29, 1.82) is 0 Å². The average molecular weight is 188 g/mol. The Balaban J connectivity index is 3.11. The van der Waals surface area contributed by atoms with Crippen molar-refractivity contribution in [1.82, 2.24) is 5.16 Å². The molecule has 1 aromatic heterocycles. The van der Waals surface area contributed by atoms with E-state index < -0.39 is 0 Å². The van der Waals surface area contributed by atoms with Crippen LogP contribution in [-0.4, -0.2) is 5.16 Å². The summed E-state index contributed by atoms with van der Waals surface area (Å²) in [5.74, 6) is 1.35. The van der Waals surface area contributed by atoms with Crippen LogP contribution in [0.3, 0.4) is 0 Å². The van der Waals surface area contributed by atoms with Gasteiger partial charge in [0.2, 0.25) is 0 Å². The predicted molar refractivity (Wildman–Crippen MR) is 49.5 cm³/mol. The van der Waals surface area contributed by atoms with E-state index in [2.05, 4.69) is 25.9 Å². The normalized spacial score (nSPS) is 12.1. The van der Waals surface area contributed by atoms with Crippen molar-refractivity contribution in [2.24, 2.45) is 0 Å².